The summed E-state index contributed by atoms with van der Waals surface area (Å²) >= 11 is 0. The fourth-order valence-electron chi connectivity index (χ4n) is 0. The molecule has 5 heteroatoms. The van der Waals surface area contributed by atoms with E-state index in [9.17, 15) is 0 Å². The van der Waals surface area contributed by atoms with Crippen molar-refractivity contribution in [2.24, 2.45) is 11.5 Å². The smallest absolute Gasteiger partial charge is 0.352 e. The van der Waals surface area contributed by atoms with Crippen LogP contribution in [0.3, 0.4) is 0 Å². The number of amides is 2. The summed E-state index contributed by atoms with van der Waals surface area (Å²) in [5.41, 5.74) is 8.50. The van der Waals surface area contributed by atoms with Gasteiger partial charge in [-0.2, -0.15) is 9.59 Å². The second-order valence-electron chi connectivity index (χ2n) is 0.486. The Kier molecular flexibility index (Phi) is 85.3. The number of nitrogens with two attached hydrogens (primary N) is 2. The van der Waals surface area contributed by atoms with Crippen LogP contribution in [0, 0.1) is 0 Å². The van der Waals surface area contributed by atoms with Crippen LogP contribution in [0.1, 0.15) is 14.9 Å². The van der Waals surface area contributed by atoms with E-state index >= 15 is 0 Å². The van der Waals surface area contributed by atoms with Crippen LogP contribution >= 0.6 is 0 Å². The van der Waals surface area contributed by atoms with E-state index in [0.29, 0.717) is 0 Å². The number of rotatable bonds is 0. The van der Waals surface area contributed by atoms with Crippen molar-refractivity contribution in [3.05, 3.63) is 0 Å². The summed E-state index contributed by atoms with van der Waals surface area (Å²) in [6, 6.07) is -0.833. The number of carbonyl (C=O) groups excluding carboxylic acids is 3. The van der Waals surface area contributed by atoms with E-state index in [4.69, 9.17) is 14.4 Å². The number of hydrogen-bond donors (Lipinski definition) is 2. The van der Waals surface area contributed by atoms with Crippen LogP contribution in [0.4, 0.5) is 4.79 Å². The van der Waals surface area contributed by atoms with E-state index in [1.54, 1.807) is 0 Å². The molecule has 0 saturated heterocycles. The molecule has 0 unspecified atom stereocenters. The average molecular weight is 136 g/mol. The molecule has 0 saturated carbocycles. The van der Waals surface area contributed by atoms with Gasteiger partial charge in [-0.15, -0.1) is 0 Å². The zero-order chi connectivity index (χ0) is 6.28. The fourth-order valence-corrected chi connectivity index (χ4v) is 0. The van der Waals surface area contributed by atoms with Crippen LogP contribution < -0.4 is 11.5 Å². The molecule has 4 N–H and O–H groups in total. The SMILES string of the molecule is C.C.NC(N)=O.O=C=O. The lowest BCUT2D eigenvalue weighted by molar-refractivity contribution is -0.191. The molecule has 0 aromatic heterocycles. The van der Waals surface area contributed by atoms with Crippen LogP contribution in [0.15, 0.2) is 0 Å². The van der Waals surface area contributed by atoms with Crippen LogP contribution in [0.25, 0.3) is 0 Å². The predicted octanol–water partition coefficient (Wildman–Crippen LogP) is -0.288. The van der Waals surface area contributed by atoms with Gasteiger partial charge in [0.05, 0.1) is 0 Å². The van der Waals surface area contributed by atoms with Crippen LogP contribution in [-0.4, -0.2) is 12.2 Å². The topological polar surface area (TPSA) is 103 Å². The highest BCUT2D eigenvalue weighted by Gasteiger charge is 1.60. The van der Waals surface area contributed by atoms with Crippen molar-refractivity contribution >= 4 is 12.2 Å². The first kappa shape index (κ1) is 25.4. The van der Waals surface area contributed by atoms with Crippen molar-refractivity contribution < 1.29 is 14.4 Å². The number of carbonyl (C=O) groups is 1. The summed E-state index contributed by atoms with van der Waals surface area (Å²) in [6.45, 7) is 0. The number of primary amides is 2. The lowest BCUT2D eigenvalue weighted by Gasteiger charge is -1.62. The van der Waals surface area contributed by atoms with Crippen molar-refractivity contribution in [1.29, 1.82) is 0 Å². The summed E-state index contributed by atoms with van der Waals surface area (Å²) in [4.78, 5) is 25.2. The summed E-state index contributed by atoms with van der Waals surface area (Å²) in [5, 5.41) is 0. The van der Waals surface area contributed by atoms with Gasteiger partial charge in [-0.05, 0) is 0 Å². The summed E-state index contributed by atoms with van der Waals surface area (Å²) < 4.78 is 0. The Morgan fingerprint density at radius 2 is 1.11 bits per heavy atom. The molecule has 0 aromatic carbocycles. The van der Waals surface area contributed by atoms with E-state index in [-0.39, 0.29) is 21.0 Å². The molecule has 0 fully saturated rings. The maximum absolute atomic E-state index is 9.00. The van der Waals surface area contributed by atoms with Crippen LogP contribution in [0.2, 0.25) is 0 Å². The Balaban J connectivity index is -0.0000000233. The van der Waals surface area contributed by atoms with E-state index in [1.165, 1.54) is 0 Å². The Bertz CT molecular complexity index is 81.8. The van der Waals surface area contributed by atoms with E-state index in [2.05, 4.69) is 11.5 Å². The molecule has 2 amide bonds. The maximum Gasteiger partial charge on any atom is 0.373 e. The van der Waals surface area contributed by atoms with Crippen molar-refractivity contribution in [2.45, 2.75) is 14.9 Å². The molecule has 0 bridgehead atoms. The third-order valence-electron chi connectivity index (χ3n) is 0. The molecule has 5 nitrogen and oxygen atoms in total. The molecular weight excluding hydrogens is 124 g/mol. The standard InChI is InChI=1S/CH4N2O.CO2.2CH4/c2-1(3)4;2-1-3;;/h(H4,2,3,4);;2*1H4. The molecule has 0 aliphatic rings. The van der Waals surface area contributed by atoms with Crippen molar-refractivity contribution in [2.75, 3.05) is 0 Å². The van der Waals surface area contributed by atoms with E-state index < -0.39 is 6.03 Å². The summed E-state index contributed by atoms with van der Waals surface area (Å²) in [6.07, 6.45) is 0.250. The quantitative estimate of drug-likeness (QED) is 0.478. The van der Waals surface area contributed by atoms with E-state index in [0.717, 1.165) is 0 Å². The molecule has 0 aliphatic heterocycles. The fraction of sp³-hybridized carbons (Fsp3) is 0.500. The van der Waals surface area contributed by atoms with Gasteiger partial charge in [0.25, 0.3) is 0 Å². The Hall–Kier alpha value is -1.35. The lowest BCUT2D eigenvalue weighted by atomic mass is 11.2. The normalized spacial score (nSPS) is 3.56. The molecule has 9 heavy (non-hydrogen) atoms. The lowest BCUT2D eigenvalue weighted by Crippen LogP contribution is -2.18. The first-order valence-electron chi connectivity index (χ1n) is 1.19. The molecular formula is C4H12N2O3. The van der Waals surface area contributed by atoms with E-state index in [1.807, 2.05) is 0 Å². The number of hydrogen-bond acceptors (Lipinski definition) is 3. The molecule has 0 rings (SSSR count). The monoisotopic (exact) mass is 136 g/mol. The summed E-state index contributed by atoms with van der Waals surface area (Å²) in [7, 11) is 0. The second-order valence-corrected chi connectivity index (χ2v) is 0.486. The van der Waals surface area contributed by atoms with Gasteiger partial charge in [0, 0.05) is 0 Å². The zero-order valence-corrected chi connectivity index (χ0v) is 3.38. The van der Waals surface area contributed by atoms with Crippen molar-refractivity contribution in [3.8, 4) is 0 Å². The van der Waals surface area contributed by atoms with Gasteiger partial charge in [-0.25, -0.2) is 4.79 Å². The minimum Gasteiger partial charge on any atom is -0.352 e. The molecule has 0 spiro atoms. The van der Waals surface area contributed by atoms with Gasteiger partial charge in [0.2, 0.25) is 0 Å². The molecule has 0 radical (unpaired) electrons. The maximum atomic E-state index is 9.00. The third-order valence-corrected chi connectivity index (χ3v) is 0. The average Bonchev–Trinajstić information content (AvgIpc) is 1.33. The minimum atomic E-state index is -0.833. The third kappa shape index (κ3) is 78.9. The molecule has 56 valence electrons. The first-order valence-corrected chi connectivity index (χ1v) is 1.19. The highest BCUT2D eigenvalue weighted by Crippen LogP contribution is 1.25. The molecule has 0 heterocycles. The largest absolute Gasteiger partial charge is 0.373 e. The predicted molar refractivity (Wildman–Crippen MR) is 32.2 cm³/mol. The van der Waals surface area contributed by atoms with Gasteiger partial charge in [0.15, 0.2) is 0 Å². The summed E-state index contributed by atoms with van der Waals surface area (Å²) in [5.74, 6) is 0. The molecule has 0 aliphatic carbocycles. The minimum absolute atomic E-state index is 0. The van der Waals surface area contributed by atoms with Gasteiger partial charge in [-0.3, -0.25) is 0 Å². The molecule has 0 aromatic rings. The Morgan fingerprint density at radius 3 is 1.11 bits per heavy atom. The Labute approximate surface area is 54.0 Å². The zero-order valence-electron chi connectivity index (χ0n) is 3.38. The second kappa shape index (κ2) is 30.2. The first-order chi connectivity index (χ1) is 3.15. The van der Waals surface area contributed by atoms with Crippen molar-refractivity contribution in [1.82, 2.24) is 0 Å². The van der Waals surface area contributed by atoms with Gasteiger partial charge in [-0.1, -0.05) is 14.9 Å². The Morgan fingerprint density at radius 1 is 1.11 bits per heavy atom. The highest BCUT2D eigenvalue weighted by atomic mass is 16.2. The van der Waals surface area contributed by atoms with Gasteiger partial charge < -0.3 is 11.5 Å². The highest BCUT2D eigenvalue weighted by molar-refractivity contribution is 5.69. The van der Waals surface area contributed by atoms with Crippen LogP contribution in [-0.2, 0) is 9.59 Å². The van der Waals surface area contributed by atoms with Gasteiger partial charge in [0.1, 0.15) is 0 Å². The molecule has 0 atom stereocenters. The number of urea groups is 1. The van der Waals surface area contributed by atoms with Gasteiger partial charge >= 0.3 is 12.2 Å². The van der Waals surface area contributed by atoms with Crippen LogP contribution in [0.5, 0.6) is 0 Å². The van der Waals surface area contributed by atoms with Crippen molar-refractivity contribution in [3.63, 3.8) is 0 Å².